The van der Waals surface area contributed by atoms with E-state index in [0.29, 0.717) is 12.2 Å². The molecule has 17 heteroatoms. The Labute approximate surface area is 210 Å². The molecule has 37 heavy (non-hydrogen) atoms. The minimum absolute atomic E-state index is 0.710. The normalized spacial score (nSPS) is 11.1. The Hall–Kier alpha value is -4.15. The first-order chi connectivity index (χ1) is 17.2. The lowest BCUT2D eigenvalue weighted by atomic mass is 10.2. The summed E-state index contributed by atoms with van der Waals surface area (Å²) >= 11 is 3.42. The maximum absolute atomic E-state index is 10.6. The van der Waals surface area contributed by atoms with E-state index in [1.54, 1.807) is 12.4 Å². The number of nitrogens with zero attached hydrogens (tertiary/aromatic N) is 3. The van der Waals surface area contributed by atoms with Gasteiger partial charge in [-0.05, 0) is 52.3 Å². The van der Waals surface area contributed by atoms with E-state index in [2.05, 4.69) is 46.4 Å². The number of benzene rings is 1. The number of carboxylic acid groups (broad SMARTS) is 2. The molecule has 1 aromatic carbocycles. The molecule has 5 N–H and O–H groups in total. The predicted molar refractivity (Wildman–Crippen MR) is 120 cm³/mol. The average Bonchev–Trinajstić information content (AvgIpc) is 3.47. The van der Waals surface area contributed by atoms with Crippen LogP contribution in [0.4, 0.5) is 32.0 Å². The summed E-state index contributed by atoms with van der Waals surface area (Å²) in [7, 11) is 0. The average molecular weight is 597 g/mol. The van der Waals surface area contributed by atoms with Gasteiger partial charge in [-0.1, -0.05) is 0 Å². The van der Waals surface area contributed by atoms with Gasteiger partial charge in [0.25, 0.3) is 0 Å². The van der Waals surface area contributed by atoms with Crippen LogP contribution < -0.4 is 5.32 Å². The first-order valence-electron chi connectivity index (χ1n) is 9.61. The summed E-state index contributed by atoms with van der Waals surface area (Å²) in [6, 6.07) is 12.0. The van der Waals surface area contributed by atoms with Crippen LogP contribution in [0.5, 0.6) is 0 Å². The van der Waals surface area contributed by atoms with Crippen molar-refractivity contribution in [3.05, 3.63) is 59.0 Å². The number of carboxylic acids is 2. The van der Waals surface area contributed by atoms with Crippen LogP contribution >= 0.6 is 15.9 Å². The highest BCUT2D eigenvalue weighted by molar-refractivity contribution is 9.10. The predicted octanol–water partition coefficient (Wildman–Crippen LogP) is 4.99. The number of imidazole rings is 1. The molecular formula is C20H15BrF6N6O4. The first kappa shape index (κ1) is 29.1. The summed E-state index contributed by atoms with van der Waals surface area (Å²) in [4.78, 5) is 29.9. The maximum atomic E-state index is 10.6. The second-order valence-electron chi connectivity index (χ2n) is 6.73. The smallest absolute Gasteiger partial charge is 0.475 e. The number of carbonyl (C=O) groups is 2. The van der Waals surface area contributed by atoms with E-state index in [1.165, 1.54) is 0 Å². The van der Waals surface area contributed by atoms with Gasteiger partial charge >= 0.3 is 24.3 Å². The van der Waals surface area contributed by atoms with Crippen LogP contribution in [0.1, 0.15) is 5.69 Å². The summed E-state index contributed by atoms with van der Waals surface area (Å²) in [5.74, 6) is -4.70. The van der Waals surface area contributed by atoms with Gasteiger partial charge < -0.3 is 20.5 Å². The maximum Gasteiger partial charge on any atom is 0.490 e. The van der Waals surface area contributed by atoms with Gasteiger partial charge in [-0.3, -0.25) is 5.10 Å². The number of H-pyrrole nitrogens is 2. The number of hydrogen-bond donors (Lipinski definition) is 5. The Balaban J connectivity index is 0.000000286. The SMILES string of the molecule is Brc1cnc2nc(-c3ccc(NCc4ccn[nH]4)cc3)[nH]c2c1.O=C(O)C(F)(F)F.O=C(O)C(F)(F)F. The van der Waals surface area contributed by atoms with Crippen molar-refractivity contribution < 1.29 is 46.1 Å². The lowest BCUT2D eigenvalue weighted by Gasteiger charge is -2.05. The second kappa shape index (κ2) is 12.2. The van der Waals surface area contributed by atoms with Crippen molar-refractivity contribution in [2.75, 3.05) is 5.32 Å². The zero-order valence-corrected chi connectivity index (χ0v) is 19.6. The van der Waals surface area contributed by atoms with Crippen molar-refractivity contribution in [3.8, 4) is 11.4 Å². The molecule has 0 aliphatic rings. The molecule has 0 atom stereocenters. The quantitative estimate of drug-likeness (QED) is 0.206. The van der Waals surface area contributed by atoms with Crippen LogP contribution in [0.3, 0.4) is 0 Å². The van der Waals surface area contributed by atoms with E-state index >= 15 is 0 Å². The molecule has 0 spiro atoms. The molecule has 4 rings (SSSR count). The highest BCUT2D eigenvalue weighted by atomic mass is 79.9. The molecule has 198 valence electrons. The summed E-state index contributed by atoms with van der Waals surface area (Å²) < 4.78 is 64.4. The minimum atomic E-state index is -5.08. The van der Waals surface area contributed by atoms with E-state index in [-0.39, 0.29) is 0 Å². The third-order valence-corrected chi connectivity index (χ3v) is 4.42. The molecule has 0 unspecified atom stereocenters. The number of aromatic nitrogens is 5. The third kappa shape index (κ3) is 9.43. The van der Waals surface area contributed by atoms with Gasteiger partial charge in [0.2, 0.25) is 0 Å². The van der Waals surface area contributed by atoms with Crippen molar-refractivity contribution in [1.29, 1.82) is 0 Å². The molecule has 0 bridgehead atoms. The van der Waals surface area contributed by atoms with E-state index in [9.17, 15) is 26.3 Å². The number of aliphatic carboxylic acids is 2. The summed E-state index contributed by atoms with van der Waals surface area (Å²) in [5.41, 5.74) is 4.73. The Morgan fingerprint density at radius 3 is 2.03 bits per heavy atom. The van der Waals surface area contributed by atoms with Crippen molar-refractivity contribution >= 4 is 44.7 Å². The van der Waals surface area contributed by atoms with Gasteiger partial charge in [0.05, 0.1) is 17.8 Å². The summed E-state index contributed by atoms with van der Waals surface area (Å²) in [5, 5.41) is 24.4. The van der Waals surface area contributed by atoms with Gasteiger partial charge in [0, 0.05) is 28.1 Å². The first-order valence-corrected chi connectivity index (χ1v) is 10.4. The second-order valence-corrected chi connectivity index (χ2v) is 7.64. The van der Waals surface area contributed by atoms with Crippen LogP contribution in [-0.2, 0) is 16.1 Å². The van der Waals surface area contributed by atoms with Crippen molar-refractivity contribution in [1.82, 2.24) is 25.1 Å². The fourth-order valence-electron chi connectivity index (χ4n) is 2.34. The van der Waals surface area contributed by atoms with E-state index < -0.39 is 24.3 Å². The Kier molecular flexibility index (Phi) is 9.59. The molecular weight excluding hydrogens is 582 g/mol. The van der Waals surface area contributed by atoms with Gasteiger partial charge in [0.1, 0.15) is 5.82 Å². The van der Waals surface area contributed by atoms with E-state index in [1.807, 2.05) is 36.4 Å². The van der Waals surface area contributed by atoms with E-state index in [0.717, 1.165) is 32.8 Å². The van der Waals surface area contributed by atoms with Crippen molar-refractivity contribution in [2.45, 2.75) is 18.9 Å². The molecule has 0 aliphatic carbocycles. The summed E-state index contributed by atoms with van der Waals surface area (Å²) in [6.45, 7) is 0.710. The number of nitrogens with one attached hydrogen (secondary N) is 3. The molecule has 0 aliphatic heterocycles. The number of halogens is 7. The molecule has 0 saturated heterocycles. The molecule has 3 aromatic heterocycles. The standard InChI is InChI=1S/C16H13BrN6.2C2HF3O2/c17-11-7-14-16(19-8-11)22-15(21-14)10-1-3-12(4-2-10)18-9-13-5-6-20-23-13;2*3-2(4,5)1(6)7/h1-8,18H,9H2,(H,20,23)(H,19,21,22);2*(H,6,7). The Morgan fingerprint density at radius 1 is 0.973 bits per heavy atom. The lowest BCUT2D eigenvalue weighted by molar-refractivity contribution is -0.193. The highest BCUT2D eigenvalue weighted by Gasteiger charge is 2.38. The Bertz CT molecular complexity index is 1300. The molecule has 0 fully saturated rings. The molecule has 3 heterocycles. The van der Waals surface area contributed by atoms with Gasteiger partial charge in [-0.2, -0.15) is 31.4 Å². The number of hydrogen-bond acceptors (Lipinski definition) is 6. The molecule has 4 aromatic rings. The fraction of sp³-hybridized carbons (Fsp3) is 0.150. The molecule has 10 nitrogen and oxygen atoms in total. The molecule has 0 radical (unpaired) electrons. The monoisotopic (exact) mass is 596 g/mol. The number of aromatic amines is 2. The Morgan fingerprint density at radius 2 is 1.54 bits per heavy atom. The number of anilines is 1. The fourth-order valence-corrected chi connectivity index (χ4v) is 2.67. The largest absolute Gasteiger partial charge is 0.490 e. The molecule has 0 amide bonds. The topological polar surface area (TPSA) is 157 Å². The number of rotatable bonds is 4. The number of fused-ring (bicyclic) bond motifs is 1. The van der Waals surface area contributed by atoms with Gasteiger partial charge in [-0.15, -0.1) is 0 Å². The van der Waals surface area contributed by atoms with Crippen molar-refractivity contribution in [2.24, 2.45) is 0 Å². The third-order valence-electron chi connectivity index (χ3n) is 3.99. The van der Waals surface area contributed by atoms with Gasteiger partial charge in [0.15, 0.2) is 5.65 Å². The lowest BCUT2D eigenvalue weighted by Crippen LogP contribution is -2.21. The number of alkyl halides is 6. The number of pyridine rings is 1. The van der Waals surface area contributed by atoms with Crippen LogP contribution in [0.15, 0.2) is 53.3 Å². The van der Waals surface area contributed by atoms with Crippen molar-refractivity contribution in [3.63, 3.8) is 0 Å². The van der Waals surface area contributed by atoms with Gasteiger partial charge in [-0.25, -0.2) is 19.6 Å². The van der Waals surface area contributed by atoms with Crippen LogP contribution in [0.2, 0.25) is 0 Å². The zero-order chi connectivity index (χ0) is 27.8. The van der Waals surface area contributed by atoms with E-state index in [4.69, 9.17) is 19.8 Å². The van der Waals surface area contributed by atoms with Crippen LogP contribution in [0, 0.1) is 0 Å². The zero-order valence-electron chi connectivity index (χ0n) is 18.0. The minimum Gasteiger partial charge on any atom is -0.475 e. The summed E-state index contributed by atoms with van der Waals surface area (Å²) in [6.07, 6.45) is -6.68. The van der Waals surface area contributed by atoms with Crippen LogP contribution in [-0.4, -0.2) is 59.7 Å². The van der Waals surface area contributed by atoms with Crippen LogP contribution in [0.25, 0.3) is 22.6 Å². The molecule has 0 saturated carbocycles. The highest BCUT2D eigenvalue weighted by Crippen LogP contribution is 2.23.